The Kier molecular flexibility index (Phi) is 4.61. The largest absolute Gasteiger partial charge is 0.496 e. The molecule has 0 bridgehead atoms. The number of hydrogen-bond acceptors (Lipinski definition) is 4. The van der Waals surface area contributed by atoms with E-state index in [0.29, 0.717) is 6.54 Å². The van der Waals surface area contributed by atoms with E-state index in [0.717, 1.165) is 15.9 Å². The molecule has 0 fully saturated rings. The number of sulfone groups is 1. The lowest BCUT2D eigenvalue weighted by Gasteiger charge is -2.08. The van der Waals surface area contributed by atoms with Gasteiger partial charge in [-0.1, -0.05) is 0 Å². The Morgan fingerprint density at radius 1 is 1.44 bits per heavy atom. The quantitative estimate of drug-likeness (QED) is 0.903. The molecule has 0 unspecified atom stereocenters. The maximum Gasteiger partial charge on any atom is 0.149 e. The summed E-state index contributed by atoms with van der Waals surface area (Å²) in [6.07, 6.45) is 1.22. The molecule has 0 aliphatic heterocycles. The van der Waals surface area contributed by atoms with Gasteiger partial charge in [-0.15, -0.1) is 0 Å². The average molecular weight is 308 g/mol. The molecule has 0 saturated carbocycles. The first-order valence-electron chi connectivity index (χ1n) is 4.67. The molecule has 0 aliphatic rings. The highest BCUT2D eigenvalue weighted by Crippen LogP contribution is 2.27. The van der Waals surface area contributed by atoms with Crippen molar-refractivity contribution in [3.8, 4) is 5.75 Å². The van der Waals surface area contributed by atoms with Crippen LogP contribution in [0, 0.1) is 0 Å². The van der Waals surface area contributed by atoms with Crippen LogP contribution in [0.3, 0.4) is 0 Å². The van der Waals surface area contributed by atoms with Crippen LogP contribution in [0.25, 0.3) is 0 Å². The second-order valence-corrected chi connectivity index (χ2v) is 6.52. The lowest BCUT2D eigenvalue weighted by molar-refractivity contribution is 0.412. The Morgan fingerprint density at radius 3 is 2.62 bits per heavy atom. The number of anilines is 1. The monoisotopic (exact) mass is 307 g/mol. The van der Waals surface area contributed by atoms with Gasteiger partial charge in [-0.2, -0.15) is 0 Å². The van der Waals surface area contributed by atoms with Crippen molar-refractivity contribution in [3.63, 3.8) is 0 Å². The van der Waals surface area contributed by atoms with Gasteiger partial charge in [0.15, 0.2) is 0 Å². The Morgan fingerprint density at radius 2 is 2.12 bits per heavy atom. The van der Waals surface area contributed by atoms with Crippen LogP contribution in [0.2, 0.25) is 0 Å². The van der Waals surface area contributed by atoms with Crippen LogP contribution >= 0.6 is 15.9 Å². The van der Waals surface area contributed by atoms with E-state index in [2.05, 4.69) is 21.2 Å². The van der Waals surface area contributed by atoms with Crippen molar-refractivity contribution in [3.05, 3.63) is 22.7 Å². The van der Waals surface area contributed by atoms with Gasteiger partial charge in [0.05, 0.1) is 17.3 Å². The molecular weight excluding hydrogens is 294 g/mol. The summed E-state index contributed by atoms with van der Waals surface area (Å²) in [5.74, 6) is 0.866. The summed E-state index contributed by atoms with van der Waals surface area (Å²) in [6.45, 7) is 0.400. The molecule has 16 heavy (non-hydrogen) atoms. The van der Waals surface area contributed by atoms with Gasteiger partial charge in [0.2, 0.25) is 0 Å². The van der Waals surface area contributed by atoms with Crippen LogP contribution in [0.4, 0.5) is 5.69 Å². The first kappa shape index (κ1) is 13.3. The lowest BCUT2D eigenvalue weighted by atomic mass is 10.3. The maximum atomic E-state index is 10.9. The average Bonchev–Trinajstić information content (AvgIpc) is 2.16. The highest BCUT2D eigenvalue weighted by molar-refractivity contribution is 9.10. The number of ether oxygens (including phenoxy) is 1. The number of benzene rings is 1. The summed E-state index contributed by atoms with van der Waals surface area (Å²) >= 11 is 3.36. The minimum absolute atomic E-state index is 0.122. The van der Waals surface area contributed by atoms with Crippen molar-refractivity contribution in [1.29, 1.82) is 0 Å². The van der Waals surface area contributed by atoms with Crippen molar-refractivity contribution in [2.75, 3.05) is 31.0 Å². The van der Waals surface area contributed by atoms with Gasteiger partial charge in [-0.3, -0.25) is 0 Å². The van der Waals surface area contributed by atoms with E-state index in [4.69, 9.17) is 4.74 Å². The SMILES string of the molecule is COc1ccc(NCCS(C)(=O)=O)cc1Br. The Bertz CT molecular complexity index is 459. The number of rotatable bonds is 5. The van der Waals surface area contributed by atoms with Gasteiger partial charge in [-0.05, 0) is 34.1 Å². The van der Waals surface area contributed by atoms with E-state index in [9.17, 15) is 8.42 Å². The summed E-state index contributed by atoms with van der Waals surface area (Å²) in [7, 11) is -1.32. The maximum absolute atomic E-state index is 10.9. The second-order valence-electron chi connectivity index (χ2n) is 3.41. The lowest BCUT2D eigenvalue weighted by Crippen LogP contribution is -2.14. The highest BCUT2D eigenvalue weighted by Gasteiger charge is 2.03. The van der Waals surface area contributed by atoms with Crippen molar-refractivity contribution in [2.45, 2.75) is 0 Å². The third kappa shape index (κ3) is 4.40. The summed E-state index contributed by atoms with van der Waals surface area (Å²) in [6, 6.07) is 5.50. The fourth-order valence-corrected chi connectivity index (χ4v) is 2.17. The zero-order valence-corrected chi connectivity index (χ0v) is 11.6. The smallest absolute Gasteiger partial charge is 0.149 e. The van der Waals surface area contributed by atoms with Crippen LogP contribution in [-0.2, 0) is 9.84 Å². The number of hydrogen-bond donors (Lipinski definition) is 1. The Labute approximate surface area is 104 Å². The molecular formula is C10H14BrNO3S. The molecule has 0 amide bonds. The number of halogens is 1. The predicted octanol–water partition coefficient (Wildman–Crippen LogP) is 1.91. The standard InChI is InChI=1S/C10H14BrNO3S/c1-15-10-4-3-8(7-9(10)11)12-5-6-16(2,13)14/h3-4,7,12H,5-6H2,1-2H3. The second kappa shape index (κ2) is 5.54. The predicted molar refractivity (Wildman–Crippen MR) is 68.9 cm³/mol. The van der Waals surface area contributed by atoms with Crippen LogP contribution in [0.5, 0.6) is 5.75 Å². The number of methoxy groups -OCH3 is 1. The van der Waals surface area contributed by atoms with Gasteiger partial charge >= 0.3 is 0 Å². The third-order valence-corrected chi connectivity index (χ3v) is 3.52. The van der Waals surface area contributed by atoms with Gasteiger partial charge in [-0.25, -0.2) is 8.42 Å². The van der Waals surface area contributed by atoms with Crippen molar-refractivity contribution in [1.82, 2.24) is 0 Å². The Hall–Kier alpha value is -0.750. The van der Waals surface area contributed by atoms with Gasteiger partial charge < -0.3 is 10.1 Å². The van der Waals surface area contributed by atoms with Gasteiger partial charge in [0.1, 0.15) is 15.6 Å². The molecule has 0 aromatic heterocycles. The zero-order chi connectivity index (χ0) is 12.2. The molecule has 0 heterocycles. The number of nitrogens with one attached hydrogen (secondary N) is 1. The van der Waals surface area contributed by atoms with E-state index in [1.807, 2.05) is 18.2 Å². The summed E-state index contributed by atoms with van der Waals surface area (Å²) < 4.78 is 27.8. The van der Waals surface area contributed by atoms with E-state index in [1.165, 1.54) is 6.26 Å². The van der Waals surface area contributed by atoms with E-state index in [-0.39, 0.29) is 5.75 Å². The van der Waals surface area contributed by atoms with Crippen molar-refractivity contribution < 1.29 is 13.2 Å². The first-order chi connectivity index (χ1) is 7.42. The topological polar surface area (TPSA) is 55.4 Å². The molecule has 1 aromatic rings. The molecule has 1 aromatic carbocycles. The summed E-state index contributed by atoms with van der Waals surface area (Å²) in [4.78, 5) is 0. The molecule has 4 nitrogen and oxygen atoms in total. The molecule has 1 rings (SSSR count). The highest BCUT2D eigenvalue weighted by atomic mass is 79.9. The van der Waals surface area contributed by atoms with Crippen LogP contribution in [-0.4, -0.2) is 34.1 Å². The van der Waals surface area contributed by atoms with Gasteiger partial charge in [0.25, 0.3) is 0 Å². The Balaban J connectivity index is 2.59. The van der Waals surface area contributed by atoms with Crippen LogP contribution < -0.4 is 10.1 Å². The molecule has 6 heteroatoms. The molecule has 0 saturated heterocycles. The molecule has 1 N–H and O–H groups in total. The van der Waals surface area contributed by atoms with E-state index in [1.54, 1.807) is 7.11 Å². The zero-order valence-electron chi connectivity index (χ0n) is 9.16. The molecule has 0 spiro atoms. The fraction of sp³-hybridized carbons (Fsp3) is 0.400. The van der Waals surface area contributed by atoms with Crippen LogP contribution in [0.15, 0.2) is 22.7 Å². The fourth-order valence-electron chi connectivity index (χ4n) is 1.16. The summed E-state index contributed by atoms with van der Waals surface area (Å²) in [5.41, 5.74) is 0.858. The molecule has 0 atom stereocenters. The summed E-state index contributed by atoms with van der Waals surface area (Å²) in [5, 5.41) is 3.03. The normalized spacial score (nSPS) is 11.2. The molecule has 90 valence electrons. The van der Waals surface area contributed by atoms with Gasteiger partial charge in [0, 0.05) is 18.5 Å². The third-order valence-electron chi connectivity index (χ3n) is 1.95. The minimum atomic E-state index is -2.92. The van der Waals surface area contributed by atoms with Crippen LogP contribution in [0.1, 0.15) is 0 Å². The molecule has 0 radical (unpaired) electrons. The van der Waals surface area contributed by atoms with E-state index < -0.39 is 9.84 Å². The first-order valence-corrected chi connectivity index (χ1v) is 7.53. The molecule has 0 aliphatic carbocycles. The van der Waals surface area contributed by atoms with E-state index >= 15 is 0 Å². The van der Waals surface area contributed by atoms with Crippen molar-refractivity contribution >= 4 is 31.5 Å². The van der Waals surface area contributed by atoms with Crippen molar-refractivity contribution in [2.24, 2.45) is 0 Å². The minimum Gasteiger partial charge on any atom is -0.496 e.